The molecular weight excluding hydrogens is 202 g/mol. The number of nitrogens with zero attached hydrogens (tertiary/aromatic N) is 1. The number of anilines is 1. The van der Waals surface area contributed by atoms with Crippen molar-refractivity contribution in [1.82, 2.24) is 4.90 Å². The predicted molar refractivity (Wildman–Crippen MR) is 66.2 cm³/mol. The summed E-state index contributed by atoms with van der Waals surface area (Å²) in [6, 6.07) is 5.73. The summed E-state index contributed by atoms with van der Waals surface area (Å²) in [5.41, 5.74) is 4.90. The number of hydrogen-bond donors (Lipinski definition) is 2. The van der Waals surface area contributed by atoms with Crippen LogP contribution in [0.1, 0.15) is 29.8 Å². The summed E-state index contributed by atoms with van der Waals surface area (Å²) < 4.78 is 0. The molecule has 1 amide bonds. The highest BCUT2D eigenvalue weighted by molar-refractivity contribution is 5.99. The molecule has 16 heavy (non-hydrogen) atoms. The van der Waals surface area contributed by atoms with E-state index in [0.29, 0.717) is 11.3 Å². The van der Waals surface area contributed by atoms with Gasteiger partial charge in [-0.2, -0.15) is 0 Å². The van der Waals surface area contributed by atoms with Gasteiger partial charge in [0.15, 0.2) is 0 Å². The molecule has 0 unspecified atom stereocenters. The van der Waals surface area contributed by atoms with Crippen LogP contribution >= 0.6 is 0 Å². The van der Waals surface area contributed by atoms with Crippen molar-refractivity contribution in [1.29, 1.82) is 0 Å². The molecule has 0 aliphatic carbocycles. The van der Waals surface area contributed by atoms with Crippen molar-refractivity contribution in [2.24, 2.45) is 5.84 Å². The zero-order chi connectivity index (χ0) is 12.3. The second-order valence-corrected chi connectivity index (χ2v) is 4.20. The summed E-state index contributed by atoms with van der Waals surface area (Å²) in [6.45, 7) is 5.91. The van der Waals surface area contributed by atoms with Crippen molar-refractivity contribution < 1.29 is 4.79 Å². The fourth-order valence-electron chi connectivity index (χ4n) is 1.39. The number of aryl methyl sites for hydroxylation is 1. The van der Waals surface area contributed by atoms with E-state index in [2.05, 4.69) is 5.43 Å². The van der Waals surface area contributed by atoms with Gasteiger partial charge in [0.2, 0.25) is 0 Å². The predicted octanol–water partition coefficient (Wildman–Crippen LogP) is 1.76. The number of hydrogen-bond acceptors (Lipinski definition) is 3. The Morgan fingerprint density at radius 2 is 2.06 bits per heavy atom. The highest BCUT2D eigenvalue weighted by atomic mass is 16.2. The van der Waals surface area contributed by atoms with Crippen LogP contribution in [0.15, 0.2) is 18.2 Å². The van der Waals surface area contributed by atoms with E-state index in [0.717, 1.165) is 5.56 Å². The first-order valence-electron chi connectivity index (χ1n) is 5.31. The number of nitrogen functional groups attached to an aromatic ring is 1. The lowest BCUT2D eigenvalue weighted by molar-refractivity contribution is 0.0756. The summed E-state index contributed by atoms with van der Waals surface area (Å²) in [5.74, 6) is 5.39. The van der Waals surface area contributed by atoms with Crippen molar-refractivity contribution in [3.05, 3.63) is 29.3 Å². The first-order chi connectivity index (χ1) is 7.47. The topological polar surface area (TPSA) is 58.4 Å². The van der Waals surface area contributed by atoms with Crippen LogP contribution in [0.2, 0.25) is 0 Å². The second-order valence-electron chi connectivity index (χ2n) is 4.20. The van der Waals surface area contributed by atoms with Gasteiger partial charge in [-0.1, -0.05) is 6.07 Å². The van der Waals surface area contributed by atoms with Gasteiger partial charge >= 0.3 is 0 Å². The van der Waals surface area contributed by atoms with E-state index in [-0.39, 0.29) is 11.9 Å². The van der Waals surface area contributed by atoms with Gasteiger partial charge in [0.25, 0.3) is 5.91 Å². The molecule has 0 saturated heterocycles. The minimum Gasteiger partial charge on any atom is -0.339 e. The quantitative estimate of drug-likeness (QED) is 0.604. The summed E-state index contributed by atoms with van der Waals surface area (Å²) in [6.07, 6.45) is 0. The van der Waals surface area contributed by atoms with E-state index >= 15 is 0 Å². The van der Waals surface area contributed by atoms with Gasteiger partial charge in [-0.3, -0.25) is 10.6 Å². The van der Waals surface area contributed by atoms with Gasteiger partial charge in [-0.05, 0) is 38.5 Å². The van der Waals surface area contributed by atoms with Crippen LogP contribution in [0.5, 0.6) is 0 Å². The average Bonchev–Trinajstić information content (AvgIpc) is 2.26. The molecule has 3 N–H and O–H groups in total. The number of carbonyl (C=O) groups excluding carboxylic acids is 1. The Bertz CT molecular complexity index is 388. The molecule has 0 atom stereocenters. The number of benzene rings is 1. The van der Waals surface area contributed by atoms with Crippen LogP contribution in [0, 0.1) is 6.92 Å². The zero-order valence-electron chi connectivity index (χ0n) is 10.2. The molecule has 1 aromatic carbocycles. The smallest absolute Gasteiger partial charge is 0.255 e. The van der Waals surface area contributed by atoms with Gasteiger partial charge in [-0.15, -0.1) is 0 Å². The van der Waals surface area contributed by atoms with Gasteiger partial charge in [0.05, 0.1) is 11.3 Å². The summed E-state index contributed by atoms with van der Waals surface area (Å²) in [4.78, 5) is 13.8. The fourth-order valence-corrected chi connectivity index (χ4v) is 1.39. The normalized spacial score (nSPS) is 10.4. The van der Waals surface area contributed by atoms with Crippen LogP contribution < -0.4 is 11.3 Å². The molecule has 88 valence electrons. The van der Waals surface area contributed by atoms with E-state index in [1.807, 2.05) is 32.9 Å². The number of carbonyl (C=O) groups is 1. The van der Waals surface area contributed by atoms with Crippen molar-refractivity contribution in [3.63, 3.8) is 0 Å². The van der Waals surface area contributed by atoms with Gasteiger partial charge in [0.1, 0.15) is 0 Å². The maximum Gasteiger partial charge on any atom is 0.255 e. The van der Waals surface area contributed by atoms with Crippen LogP contribution in [0.4, 0.5) is 5.69 Å². The summed E-state index contributed by atoms with van der Waals surface area (Å²) in [5, 5.41) is 0. The number of hydrazine groups is 1. The summed E-state index contributed by atoms with van der Waals surface area (Å²) in [7, 11) is 1.78. The van der Waals surface area contributed by atoms with E-state index < -0.39 is 0 Å². The molecule has 0 radical (unpaired) electrons. The number of rotatable bonds is 3. The molecule has 0 bridgehead atoms. The SMILES string of the molecule is Cc1ccc(C(=O)N(C)C(C)C)c(NN)c1. The van der Waals surface area contributed by atoms with Crippen LogP contribution in [0.25, 0.3) is 0 Å². The van der Waals surface area contributed by atoms with E-state index in [1.165, 1.54) is 0 Å². The molecule has 1 rings (SSSR count). The lowest BCUT2D eigenvalue weighted by atomic mass is 10.1. The standard InChI is InChI=1S/C12H19N3O/c1-8(2)15(4)12(16)10-6-5-9(3)7-11(10)14-13/h5-8,14H,13H2,1-4H3. The van der Waals surface area contributed by atoms with Gasteiger partial charge in [0, 0.05) is 13.1 Å². The van der Waals surface area contributed by atoms with Crippen molar-refractivity contribution in [3.8, 4) is 0 Å². The minimum absolute atomic E-state index is 0.0250. The third-order valence-electron chi connectivity index (χ3n) is 2.66. The molecule has 0 aliphatic rings. The van der Waals surface area contributed by atoms with E-state index in [4.69, 9.17) is 5.84 Å². The second kappa shape index (κ2) is 4.99. The Morgan fingerprint density at radius 1 is 1.44 bits per heavy atom. The van der Waals surface area contributed by atoms with Crippen LogP contribution in [-0.4, -0.2) is 23.9 Å². The molecular formula is C12H19N3O. The monoisotopic (exact) mass is 221 g/mol. The Kier molecular flexibility index (Phi) is 3.90. The molecule has 1 aromatic rings. The molecule has 0 aromatic heterocycles. The maximum atomic E-state index is 12.1. The van der Waals surface area contributed by atoms with E-state index in [1.54, 1.807) is 18.0 Å². The van der Waals surface area contributed by atoms with E-state index in [9.17, 15) is 4.79 Å². The van der Waals surface area contributed by atoms with Crippen LogP contribution in [0.3, 0.4) is 0 Å². The summed E-state index contributed by atoms with van der Waals surface area (Å²) >= 11 is 0. The van der Waals surface area contributed by atoms with Gasteiger partial charge in [-0.25, -0.2) is 0 Å². The number of nitrogens with two attached hydrogens (primary N) is 1. The molecule has 0 aliphatic heterocycles. The maximum absolute atomic E-state index is 12.1. The van der Waals surface area contributed by atoms with Crippen molar-refractivity contribution in [2.75, 3.05) is 12.5 Å². The Morgan fingerprint density at radius 3 is 2.56 bits per heavy atom. The third-order valence-corrected chi connectivity index (χ3v) is 2.66. The first-order valence-corrected chi connectivity index (χ1v) is 5.31. The van der Waals surface area contributed by atoms with Crippen LogP contribution in [-0.2, 0) is 0 Å². The fraction of sp³-hybridized carbons (Fsp3) is 0.417. The number of nitrogens with one attached hydrogen (secondary N) is 1. The molecule has 0 spiro atoms. The minimum atomic E-state index is -0.0250. The molecule has 0 heterocycles. The lowest BCUT2D eigenvalue weighted by Crippen LogP contribution is -2.33. The Balaban J connectivity index is 3.08. The number of amides is 1. The van der Waals surface area contributed by atoms with Gasteiger partial charge < -0.3 is 10.3 Å². The third kappa shape index (κ3) is 2.52. The molecule has 4 heteroatoms. The first kappa shape index (κ1) is 12.5. The highest BCUT2D eigenvalue weighted by Crippen LogP contribution is 2.18. The molecule has 0 saturated carbocycles. The van der Waals surface area contributed by atoms with Crippen molar-refractivity contribution in [2.45, 2.75) is 26.8 Å². The Labute approximate surface area is 96.4 Å². The Hall–Kier alpha value is -1.55. The zero-order valence-corrected chi connectivity index (χ0v) is 10.2. The largest absolute Gasteiger partial charge is 0.339 e. The van der Waals surface area contributed by atoms with Crippen molar-refractivity contribution >= 4 is 11.6 Å². The lowest BCUT2D eigenvalue weighted by Gasteiger charge is -2.22. The molecule has 4 nitrogen and oxygen atoms in total. The molecule has 0 fully saturated rings. The average molecular weight is 221 g/mol. The highest BCUT2D eigenvalue weighted by Gasteiger charge is 2.17.